The topological polar surface area (TPSA) is 68.3 Å². The lowest BCUT2D eigenvalue weighted by atomic mass is 9.76. The Hall–Kier alpha value is -2.44. The van der Waals surface area contributed by atoms with E-state index in [0.717, 1.165) is 30.4 Å². The zero-order valence-corrected chi connectivity index (χ0v) is 22.8. The molecule has 1 N–H and O–H groups in total. The molecule has 35 heavy (non-hydrogen) atoms. The van der Waals surface area contributed by atoms with Gasteiger partial charge in [-0.1, -0.05) is 71.9 Å². The molecule has 0 aliphatic heterocycles. The Morgan fingerprint density at radius 2 is 1.63 bits per heavy atom. The minimum atomic E-state index is -3.63. The number of fused-ring (bicyclic) bond motifs is 1. The van der Waals surface area contributed by atoms with E-state index in [1.54, 1.807) is 24.4 Å². The van der Waals surface area contributed by atoms with E-state index in [0.29, 0.717) is 25.1 Å². The van der Waals surface area contributed by atoms with E-state index in [2.05, 4.69) is 69.4 Å². The van der Waals surface area contributed by atoms with E-state index < -0.39 is 10.0 Å². The van der Waals surface area contributed by atoms with Crippen LogP contribution in [0.2, 0.25) is 0 Å². The molecule has 190 valence electrons. The summed E-state index contributed by atoms with van der Waals surface area (Å²) in [5, 5.41) is 0.808. The first-order valence-electron chi connectivity index (χ1n) is 12.6. The number of unbranched alkanes of at least 4 members (excludes halogenated alkanes) is 1. The Labute approximate surface area is 211 Å². The number of nitrogens with one attached hydrogen (secondary N) is 1. The van der Waals surface area contributed by atoms with Crippen molar-refractivity contribution in [1.82, 2.24) is 9.71 Å². The van der Waals surface area contributed by atoms with E-state index in [1.807, 2.05) is 12.1 Å². The summed E-state index contributed by atoms with van der Waals surface area (Å²) in [5.41, 5.74) is 3.20. The monoisotopic (exact) mass is 496 g/mol. The fourth-order valence-electron chi connectivity index (χ4n) is 3.99. The lowest BCUT2D eigenvalue weighted by Gasteiger charge is -2.30. The Morgan fingerprint density at radius 3 is 2.34 bits per heavy atom. The summed E-state index contributed by atoms with van der Waals surface area (Å²) in [6.07, 6.45) is 5.14. The Morgan fingerprint density at radius 1 is 0.914 bits per heavy atom. The highest BCUT2D eigenvalue weighted by Gasteiger charge is 2.26. The highest BCUT2D eigenvalue weighted by molar-refractivity contribution is 7.89. The Balaban J connectivity index is 1.60. The fourth-order valence-corrected chi connectivity index (χ4v) is 5.24. The van der Waals surface area contributed by atoms with Crippen molar-refractivity contribution in [3.63, 3.8) is 0 Å². The highest BCUT2D eigenvalue weighted by atomic mass is 32.2. The quantitative estimate of drug-likeness (QED) is 0.282. The molecular weight excluding hydrogens is 456 g/mol. The first kappa shape index (κ1) is 27.2. The molecule has 0 saturated carbocycles. The van der Waals surface area contributed by atoms with Crippen LogP contribution in [0.3, 0.4) is 0 Å². The van der Waals surface area contributed by atoms with Crippen molar-refractivity contribution in [3.8, 4) is 5.75 Å². The van der Waals surface area contributed by atoms with Gasteiger partial charge in [0.2, 0.25) is 10.0 Å². The first-order valence-corrected chi connectivity index (χ1v) is 14.1. The molecule has 6 heteroatoms. The number of hydrogen-bond donors (Lipinski definition) is 1. The van der Waals surface area contributed by atoms with E-state index in [1.165, 1.54) is 11.1 Å². The SMILES string of the molecule is CCC(C)(C)c1ccc(OCCCCNS(=O)(=O)c2cccc3cccnc23)c(C(C)(C)CC)c1. The summed E-state index contributed by atoms with van der Waals surface area (Å²) < 4.78 is 34.6. The summed E-state index contributed by atoms with van der Waals surface area (Å²) in [6.45, 7) is 14.4. The van der Waals surface area contributed by atoms with Crippen molar-refractivity contribution in [1.29, 1.82) is 0 Å². The van der Waals surface area contributed by atoms with Crippen molar-refractivity contribution in [3.05, 3.63) is 65.9 Å². The summed E-state index contributed by atoms with van der Waals surface area (Å²) >= 11 is 0. The Bertz CT molecular complexity index is 1240. The molecule has 0 radical (unpaired) electrons. The number of nitrogens with zero attached hydrogens (tertiary/aromatic N) is 1. The highest BCUT2D eigenvalue weighted by Crippen LogP contribution is 2.38. The maximum absolute atomic E-state index is 12.8. The number of ether oxygens (including phenoxy) is 1. The normalized spacial score (nSPS) is 12.7. The van der Waals surface area contributed by atoms with Gasteiger partial charge in [-0.3, -0.25) is 4.98 Å². The minimum Gasteiger partial charge on any atom is -0.493 e. The van der Waals surface area contributed by atoms with E-state index in [4.69, 9.17) is 4.74 Å². The van der Waals surface area contributed by atoms with Gasteiger partial charge >= 0.3 is 0 Å². The molecule has 0 bridgehead atoms. The maximum atomic E-state index is 12.8. The molecule has 0 aliphatic carbocycles. The van der Waals surface area contributed by atoms with Crippen molar-refractivity contribution in [2.45, 2.75) is 83.0 Å². The summed E-state index contributed by atoms with van der Waals surface area (Å²) in [7, 11) is -3.63. The minimum absolute atomic E-state index is 0.0112. The largest absolute Gasteiger partial charge is 0.493 e. The molecule has 0 unspecified atom stereocenters. The van der Waals surface area contributed by atoms with E-state index >= 15 is 0 Å². The summed E-state index contributed by atoms with van der Waals surface area (Å²) in [5.74, 6) is 0.926. The number of benzene rings is 2. The smallest absolute Gasteiger partial charge is 0.242 e. The van der Waals surface area contributed by atoms with Crippen LogP contribution >= 0.6 is 0 Å². The molecule has 1 aromatic heterocycles. The van der Waals surface area contributed by atoms with Crippen molar-refractivity contribution < 1.29 is 13.2 Å². The van der Waals surface area contributed by atoms with Crippen molar-refractivity contribution in [2.24, 2.45) is 0 Å². The van der Waals surface area contributed by atoms with Gasteiger partial charge in [0.15, 0.2) is 0 Å². The average Bonchev–Trinajstić information content (AvgIpc) is 2.85. The van der Waals surface area contributed by atoms with Gasteiger partial charge in [-0.2, -0.15) is 0 Å². The number of para-hydroxylation sites is 1. The molecule has 0 atom stereocenters. The second kappa shape index (κ2) is 11.1. The molecule has 3 aromatic rings. The van der Waals surface area contributed by atoms with Gasteiger partial charge in [-0.05, 0) is 60.3 Å². The van der Waals surface area contributed by atoms with Gasteiger partial charge in [-0.25, -0.2) is 13.1 Å². The van der Waals surface area contributed by atoms with Crippen LogP contribution in [0.5, 0.6) is 5.75 Å². The van der Waals surface area contributed by atoms with Gasteiger partial charge in [0.25, 0.3) is 0 Å². The average molecular weight is 497 g/mol. The third-order valence-corrected chi connectivity index (χ3v) is 8.76. The Kier molecular flexibility index (Phi) is 8.60. The van der Waals surface area contributed by atoms with Crippen LogP contribution in [0, 0.1) is 0 Å². The molecule has 0 spiro atoms. The second-order valence-electron chi connectivity index (χ2n) is 10.5. The maximum Gasteiger partial charge on any atom is 0.242 e. The lowest BCUT2D eigenvalue weighted by Crippen LogP contribution is -2.25. The number of sulfonamides is 1. The molecular formula is C29H40N2O3S. The molecule has 0 saturated heterocycles. The molecule has 0 fully saturated rings. The van der Waals surface area contributed by atoms with Crippen molar-refractivity contribution in [2.75, 3.05) is 13.2 Å². The molecule has 2 aromatic carbocycles. The van der Waals surface area contributed by atoms with Crippen LogP contribution in [0.1, 0.15) is 78.4 Å². The van der Waals surface area contributed by atoms with Crippen LogP contribution in [0.25, 0.3) is 10.9 Å². The van der Waals surface area contributed by atoms with Crippen LogP contribution in [0.4, 0.5) is 0 Å². The lowest BCUT2D eigenvalue weighted by molar-refractivity contribution is 0.296. The van der Waals surface area contributed by atoms with Crippen molar-refractivity contribution >= 4 is 20.9 Å². The summed E-state index contributed by atoms with van der Waals surface area (Å²) in [4.78, 5) is 4.48. The van der Waals surface area contributed by atoms with Gasteiger partial charge in [0.05, 0.1) is 12.1 Å². The van der Waals surface area contributed by atoms with Gasteiger partial charge in [0, 0.05) is 23.7 Å². The number of rotatable bonds is 12. The second-order valence-corrected chi connectivity index (χ2v) is 12.2. The van der Waals surface area contributed by atoms with Crippen LogP contribution in [-0.4, -0.2) is 26.6 Å². The standard InChI is InChI=1S/C29H40N2O3S/c1-7-28(3,4)23-16-17-25(24(21-23)29(5,6)8-2)34-20-10-9-19-31-35(32,33)26-15-11-13-22-14-12-18-30-27(22)26/h11-18,21,31H,7-10,19-20H2,1-6H3. The third-order valence-electron chi connectivity index (χ3n) is 7.26. The van der Waals surface area contributed by atoms with Gasteiger partial charge < -0.3 is 4.74 Å². The third kappa shape index (κ3) is 6.42. The molecule has 1 heterocycles. The molecule has 0 aliphatic rings. The fraction of sp³-hybridized carbons (Fsp3) is 0.483. The van der Waals surface area contributed by atoms with E-state index in [9.17, 15) is 8.42 Å². The van der Waals surface area contributed by atoms with E-state index in [-0.39, 0.29) is 15.7 Å². The number of pyridine rings is 1. The molecule has 5 nitrogen and oxygen atoms in total. The van der Waals surface area contributed by atoms with Gasteiger partial charge in [0.1, 0.15) is 10.6 Å². The van der Waals surface area contributed by atoms with Gasteiger partial charge in [-0.15, -0.1) is 0 Å². The first-order chi connectivity index (χ1) is 16.5. The molecule has 0 amide bonds. The predicted molar refractivity (Wildman–Crippen MR) is 145 cm³/mol. The van der Waals surface area contributed by atoms with Crippen LogP contribution in [0.15, 0.2) is 59.6 Å². The summed E-state index contributed by atoms with van der Waals surface area (Å²) in [6, 6.07) is 15.5. The number of hydrogen-bond acceptors (Lipinski definition) is 4. The molecule has 3 rings (SSSR count). The predicted octanol–water partition coefficient (Wildman–Crippen LogP) is 6.75. The zero-order valence-electron chi connectivity index (χ0n) is 22.0. The zero-order chi connectivity index (χ0) is 25.7. The van der Waals surface area contributed by atoms with Crippen LogP contribution in [-0.2, 0) is 20.9 Å². The van der Waals surface area contributed by atoms with Crippen LogP contribution < -0.4 is 9.46 Å². The number of aromatic nitrogens is 1.